The number of unbranched alkanes of at least 4 members (excludes halogenated alkanes) is 10. The van der Waals surface area contributed by atoms with Crippen LogP contribution in [0.2, 0.25) is 0 Å². The summed E-state index contributed by atoms with van der Waals surface area (Å²) in [7, 11) is 0. The minimum atomic E-state index is 0.327. The van der Waals surface area contributed by atoms with E-state index >= 15 is 0 Å². The Bertz CT molecular complexity index is 372. The third kappa shape index (κ3) is 29.3. The van der Waals surface area contributed by atoms with Gasteiger partial charge in [-0.2, -0.15) is 0 Å². The third-order valence-electron chi connectivity index (χ3n) is 4.94. The Morgan fingerprint density at radius 1 is 0.406 bits per heavy atom. The lowest BCUT2D eigenvalue weighted by molar-refractivity contribution is -0.0156. The van der Waals surface area contributed by atoms with Crippen molar-refractivity contribution in [2.24, 2.45) is 0 Å². The topological polar surface area (TPSA) is 55.4 Å². The van der Waals surface area contributed by atoms with Crippen LogP contribution in [0.4, 0.5) is 0 Å². The van der Waals surface area contributed by atoms with Crippen LogP contribution in [0.3, 0.4) is 0 Å². The van der Waals surface area contributed by atoms with E-state index in [1.807, 2.05) is 0 Å². The van der Waals surface area contributed by atoms with Crippen molar-refractivity contribution in [1.82, 2.24) is 0 Å². The molecule has 0 aliphatic rings. The molecule has 0 spiro atoms. The summed E-state index contributed by atoms with van der Waals surface area (Å²) in [5.41, 5.74) is 0. The molecular formula is C26H50O6. The van der Waals surface area contributed by atoms with E-state index in [0.29, 0.717) is 72.7 Å². The van der Waals surface area contributed by atoms with Gasteiger partial charge in [0.05, 0.1) is 66.1 Å². The Kier molecular flexibility index (Phi) is 29.7. The van der Waals surface area contributed by atoms with Gasteiger partial charge in [-0.1, -0.05) is 77.1 Å². The predicted molar refractivity (Wildman–Crippen MR) is 130 cm³/mol. The zero-order valence-electron chi connectivity index (χ0n) is 20.8. The predicted octanol–water partition coefficient (Wildman–Crippen LogP) is 5.03. The monoisotopic (exact) mass is 458 g/mol. The first kappa shape index (κ1) is 31.3. The maximum absolute atomic E-state index is 5.62. The molecule has 0 radical (unpaired) electrons. The molecule has 0 aromatic carbocycles. The van der Waals surface area contributed by atoms with Crippen LogP contribution in [0, 0.1) is 12.3 Å². The van der Waals surface area contributed by atoms with Gasteiger partial charge in [-0.05, 0) is 6.42 Å². The lowest BCUT2D eigenvalue weighted by Crippen LogP contribution is -2.14. The van der Waals surface area contributed by atoms with Crippen LogP contribution in [0.25, 0.3) is 0 Å². The molecule has 0 aromatic heterocycles. The van der Waals surface area contributed by atoms with Crippen molar-refractivity contribution in [2.75, 3.05) is 79.3 Å². The second-order valence-corrected chi connectivity index (χ2v) is 7.85. The highest BCUT2D eigenvalue weighted by atomic mass is 16.6. The van der Waals surface area contributed by atoms with E-state index in [2.05, 4.69) is 12.8 Å². The Morgan fingerprint density at radius 3 is 1.09 bits per heavy atom. The summed E-state index contributed by atoms with van der Waals surface area (Å²) < 4.78 is 32.4. The molecule has 32 heavy (non-hydrogen) atoms. The molecule has 0 saturated carbocycles. The molecule has 0 aromatic rings. The van der Waals surface area contributed by atoms with Gasteiger partial charge in [-0.25, -0.2) is 0 Å². The third-order valence-corrected chi connectivity index (χ3v) is 4.94. The highest BCUT2D eigenvalue weighted by molar-refractivity contribution is 4.82. The molecule has 0 unspecified atom stereocenters. The maximum atomic E-state index is 5.62. The van der Waals surface area contributed by atoms with Gasteiger partial charge < -0.3 is 28.4 Å². The van der Waals surface area contributed by atoms with Gasteiger partial charge >= 0.3 is 0 Å². The van der Waals surface area contributed by atoms with E-state index in [4.69, 9.17) is 34.8 Å². The Morgan fingerprint density at radius 2 is 0.719 bits per heavy atom. The van der Waals surface area contributed by atoms with Crippen LogP contribution in [0.1, 0.15) is 77.6 Å². The first-order chi connectivity index (χ1) is 15.9. The largest absolute Gasteiger partial charge is 0.379 e. The average Bonchev–Trinajstić information content (AvgIpc) is 2.81. The van der Waals surface area contributed by atoms with Crippen LogP contribution < -0.4 is 0 Å². The number of hydrogen-bond acceptors (Lipinski definition) is 6. The Labute approximate surface area is 198 Å². The fraction of sp³-hybridized carbons (Fsp3) is 0.923. The summed E-state index contributed by atoms with van der Waals surface area (Å²) in [4.78, 5) is 0. The molecule has 0 atom stereocenters. The van der Waals surface area contributed by atoms with Crippen molar-refractivity contribution in [3.63, 3.8) is 0 Å². The molecule has 0 heterocycles. The maximum Gasteiger partial charge on any atom is 0.107 e. The quantitative estimate of drug-likeness (QED) is 0.121. The standard InChI is InChI=1S/C26H50O6/c1-3-5-6-7-8-9-10-11-12-13-14-16-28-18-20-30-22-24-32-26-25-31-23-21-29-19-17-27-15-4-2/h2H,3,5-26H2,1H3. The van der Waals surface area contributed by atoms with Crippen molar-refractivity contribution < 1.29 is 28.4 Å². The molecule has 190 valence electrons. The zero-order valence-corrected chi connectivity index (χ0v) is 20.8. The summed E-state index contributed by atoms with van der Waals surface area (Å²) >= 11 is 0. The van der Waals surface area contributed by atoms with E-state index in [0.717, 1.165) is 13.0 Å². The minimum absolute atomic E-state index is 0.327. The summed E-state index contributed by atoms with van der Waals surface area (Å²) in [6.45, 7) is 9.13. The number of hydrogen-bond donors (Lipinski definition) is 0. The van der Waals surface area contributed by atoms with E-state index in [1.165, 1.54) is 64.2 Å². The molecule has 6 heteroatoms. The first-order valence-corrected chi connectivity index (χ1v) is 12.8. The second-order valence-electron chi connectivity index (χ2n) is 7.85. The van der Waals surface area contributed by atoms with Gasteiger partial charge in [0.15, 0.2) is 0 Å². The van der Waals surface area contributed by atoms with Crippen molar-refractivity contribution >= 4 is 0 Å². The summed E-state index contributed by atoms with van der Waals surface area (Å²) in [5.74, 6) is 2.41. The van der Waals surface area contributed by atoms with Crippen LogP contribution in [0.5, 0.6) is 0 Å². The number of terminal acetylenes is 1. The summed E-state index contributed by atoms with van der Waals surface area (Å²) in [6.07, 6.45) is 20.0. The number of ether oxygens (including phenoxy) is 6. The fourth-order valence-corrected chi connectivity index (χ4v) is 3.10. The first-order valence-electron chi connectivity index (χ1n) is 12.8. The second kappa shape index (κ2) is 30.3. The van der Waals surface area contributed by atoms with Gasteiger partial charge in [0.1, 0.15) is 6.61 Å². The van der Waals surface area contributed by atoms with Gasteiger partial charge in [0, 0.05) is 6.61 Å². The molecule has 0 bridgehead atoms. The van der Waals surface area contributed by atoms with Crippen molar-refractivity contribution in [3.05, 3.63) is 0 Å². The van der Waals surface area contributed by atoms with Crippen LogP contribution >= 0.6 is 0 Å². The Hall–Kier alpha value is -0.680. The van der Waals surface area contributed by atoms with E-state index in [1.54, 1.807) is 0 Å². The van der Waals surface area contributed by atoms with E-state index in [9.17, 15) is 0 Å². The zero-order chi connectivity index (χ0) is 23.2. The van der Waals surface area contributed by atoms with Gasteiger partial charge in [-0.3, -0.25) is 0 Å². The fourth-order valence-electron chi connectivity index (χ4n) is 3.10. The van der Waals surface area contributed by atoms with E-state index in [-0.39, 0.29) is 0 Å². The van der Waals surface area contributed by atoms with Crippen LogP contribution in [0.15, 0.2) is 0 Å². The lowest BCUT2D eigenvalue weighted by Gasteiger charge is -2.08. The smallest absolute Gasteiger partial charge is 0.107 e. The molecule has 0 N–H and O–H groups in total. The van der Waals surface area contributed by atoms with Gasteiger partial charge in [0.2, 0.25) is 0 Å². The SMILES string of the molecule is C#CCOCCOCCOCCOCCOCCOCCCCCCCCCCCCC. The molecule has 0 rings (SSSR count). The van der Waals surface area contributed by atoms with Crippen molar-refractivity contribution in [1.29, 1.82) is 0 Å². The highest BCUT2D eigenvalue weighted by Gasteiger charge is 1.95. The molecule has 0 aliphatic carbocycles. The lowest BCUT2D eigenvalue weighted by atomic mass is 10.1. The van der Waals surface area contributed by atoms with E-state index < -0.39 is 0 Å². The molecular weight excluding hydrogens is 408 g/mol. The number of rotatable bonds is 28. The van der Waals surface area contributed by atoms with Gasteiger partial charge in [0.25, 0.3) is 0 Å². The van der Waals surface area contributed by atoms with Crippen molar-refractivity contribution in [3.8, 4) is 12.3 Å². The highest BCUT2D eigenvalue weighted by Crippen LogP contribution is 2.11. The normalized spacial score (nSPS) is 11.1. The van der Waals surface area contributed by atoms with Crippen molar-refractivity contribution in [2.45, 2.75) is 77.6 Å². The molecule has 0 saturated heterocycles. The molecule has 6 nitrogen and oxygen atoms in total. The average molecular weight is 459 g/mol. The van der Waals surface area contributed by atoms with Crippen LogP contribution in [-0.2, 0) is 28.4 Å². The Balaban J connectivity index is 2.99. The minimum Gasteiger partial charge on any atom is -0.379 e. The molecule has 0 aliphatic heterocycles. The molecule has 0 amide bonds. The molecule has 0 fully saturated rings. The van der Waals surface area contributed by atoms with Crippen LogP contribution in [-0.4, -0.2) is 79.3 Å². The van der Waals surface area contributed by atoms with Gasteiger partial charge in [-0.15, -0.1) is 6.42 Å². The summed E-state index contributed by atoms with van der Waals surface area (Å²) in [6, 6.07) is 0. The summed E-state index contributed by atoms with van der Waals surface area (Å²) in [5, 5.41) is 0.